The van der Waals surface area contributed by atoms with E-state index in [1.54, 1.807) is 25.2 Å². The van der Waals surface area contributed by atoms with Crippen molar-refractivity contribution >= 4 is 17.7 Å². The van der Waals surface area contributed by atoms with Gasteiger partial charge in [0.2, 0.25) is 0 Å². The van der Waals surface area contributed by atoms with E-state index in [-0.39, 0.29) is 6.04 Å². The second-order valence-electron chi connectivity index (χ2n) is 4.94. The molecule has 0 aliphatic heterocycles. The maximum absolute atomic E-state index is 5.15. The minimum atomic E-state index is 0.214. The number of thioether (sulfide) groups is 1. The summed E-state index contributed by atoms with van der Waals surface area (Å²) in [5, 5.41) is 14.7. The number of nitrogens with one attached hydrogen (secondary N) is 2. The fourth-order valence-corrected chi connectivity index (χ4v) is 2.23. The summed E-state index contributed by atoms with van der Waals surface area (Å²) in [7, 11) is 1.70. The van der Waals surface area contributed by atoms with Crippen molar-refractivity contribution in [3.63, 3.8) is 0 Å². The molecule has 0 aliphatic rings. The zero-order valence-electron chi connectivity index (χ0n) is 14.0. The van der Waals surface area contributed by atoms with Crippen LogP contribution in [0.25, 0.3) is 0 Å². The zero-order valence-corrected chi connectivity index (χ0v) is 14.8. The first-order valence-corrected chi connectivity index (χ1v) is 9.00. The SMILES string of the molecule is CCc1nncn1CCNC(=NCCSC)NC(C)COC. The molecule has 8 heteroatoms. The Balaban J connectivity index is 2.47. The van der Waals surface area contributed by atoms with E-state index in [1.165, 1.54) is 0 Å². The molecule has 0 amide bonds. The number of hydrogen-bond acceptors (Lipinski definition) is 5. The summed E-state index contributed by atoms with van der Waals surface area (Å²) in [6.07, 6.45) is 4.74. The predicted molar refractivity (Wildman–Crippen MR) is 92.6 cm³/mol. The van der Waals surface area contributed by atoms with Crippen molar-refractivity contribution in [1.82, 2.24) is 25.4 Å². The summed E-state index contributed by atoms with van der Waals surface area (Å²) in [6, 6.07) is 0.214. The van der Waals surface area contributed by atoms with Crippen molar-refractivity contribution in [3.05, 3.63) is 12.2 Å². The fraction of sp³-hybridized carbons (Fsp3) is 0.786. The van der Waals surface area contributed by atoms with Crippen LogP contribution in [0, 0.1) is 0 Å². The first-order chi connectivity index (χ1) is 10.7. The van der Waals surface area contributed by atoms with E-state index in [1.807, 2.05) is 0 Å². The van der Waals surface area contributed by atoms with Gasteiger partial charge in [-0.3, -0.25) is 4.99 Å². The Morgan fingerprint density at radius 3 is 3.05 bits per heavy atom. The summed E-state index contributed by atoms with van der Waals surface area (Å²) in [5.41, 5.74) is 0. The topological polar surface area (TPSA) is 76.4 Å². The van der Waals surface area contributed by atoms with Crippen LogP contribution in [0.15, 0.2) is 11.3 Å². The average Bonchev–Trinajstić information content (AvgIpc) is 2.95. The van der Waals surface area contributed by atoms with Crippen LogP contribution >= 0.6 is 11.8 Å². The smallest absolute Gasteiger partial charge is 0.191 e. The highest BCUT2D eigenvalue weighted by Crippen LogP contribution is 1.95. The lowest BCUT2D eigenvalue weighted by atomic mass is 10.4. The van der Waals surface area contributed by atoms with Crippen LogP contribution in [0.1, 0.15) is 19.7 Å². The monoisotopic (exact) mass is 328 g/mol. The number of rotatable bonds is 10. The van der Waals surface area contributed by atoms with Gasteiger partial charge in [-0.15, -0.1) is 10.2 Å². The van der Waals surface area contributed by atoms with E-state index >= 15 is 0 Å². The highest BCUT2D eigenvalue weighted by Gasteiger charge is 2.06. The molecule has 0 fully saturated rings. The number of guanidine groups is 1. The molecule has 1 atom stereocenters. The highest BCUT2D eigenvalue weighted by molar-refractivity contribution is 7.98. The molecule has 1 aromatic rings. The van der Waals surface area contributed by atoms with E-state index in [9.17, 15) is 0 Å². The van der Waals surface area contributed by atoms with Crippen LogP contribution in [0.3, 0.4) is 0 Å². The van der Waals surface area contributed by atoms with Crippen LogP contribution in [-0.2, 0) is 17.7 Å². The minimum absolute atomic E-state index is 0.214. The molecule has 7 nitrogen and oxygen atoms in total. The normalized spacial score (nSPS) is 13.2. The lowest BCUT2D eigenvalue weighted by molar-refractivity contribution is 0.179. The van der Waals surface area contributed by atoms with Crippen LogP contribution in [-0.4, -0.2) is 65.6 Å². The predicted octanol–water partition coefficient (Wildman–Crippen LogP) is 0.774. The van der Waals surface area contributed by atoms with Gasteiger partial charge in [-0.1, -0.05) is 6.92 Å². The lowest BCUT2D eigenvalue weighted by Gasteiger charge is -2.18. The molecule has 0 saturated carbocycles. The first-order valence-electron chi connectivity index (χ1n) is 7.60. The van der Waals surface area contributed by atoms with Gasteiger partial charge in [0.05, 0.1) is 13.2 Å². The van der Waals surface area contributed by atoms with Gasteiger partial charge in [-0.05, 0) is 13.2 Å². The van der Waals surface area contributed by atoms with Gasteiger partial charge in [0, 0.05) is 38.4 Å². The Kier molecular flexibility index (Phi) is 9.65. The molecular weight excluding hydrogens is 300 g/mol. The van der Waals surface area contributed by atoms with Gasteiger partial charge >= 0.3 is 0 Å². The van der Waals surface area contributed by atoms with Crippen molar-refractivity contribution in [2.45, 2.75) is 32.9 Å². The van der Waals surface area contributed by atoms with Crippen molar-refractivity contribution in [3.8, 4) is 0 Å². The number of methoxy groups -OCH3 is 1. The van der Waals surface area contributed by atoms with E-state index in [2.05, 4.69) is 50.5 Å². The Morgan fingerprint density at radius 2 is 2.36 bits per heavy atom. The number of nitrogens with zero attached hydrogens (tertiary/aromatic N) is 4. The van der Waals surface area contributed by atoms with Gasteiger partial charge in [-0.2, -0.15) is 11.8 Å². The Hall–Kier alpha value is -1.28. The molecule has 126 valence electrons. The van der Waals surface area contributed by atoms with Gasteiger partial charge in [-0.25, -0.2) is 0 Å². The molecule has 1 rings (SSSR count). The van der Waals surface area contributed by atoms with Crippen LogP contribution < -0.4 is 10.6 Å². The third kappa shape index (κ3) is 7.13. The zero-order chi connectivity index (χ0) is 16.2. The molecule has 2 N–H and O–H groups in total. The van der Waals surface area contributed by atoms with E-state index < -0.39 is 0 Å². The summed E-state index contributed by atoms with van der Waals surface area (Å²) in [6.45, 7) is 7.19. The molecule has 0 saturated heterocycles. The van der Waals surface area contributed by atoms with Crippen molar-refractivity contribution in [2.75, 3.05) is 38.8 Å². The summed E-state index contributed by atoms with van der Waals surface area (Å²) >= 11 is 1.79. The number of ether oxygens (including phenoxy) is 1. The fourth-order valence-electron chi connectivity index (χ4n) is 1.96. The quantitative estimate of drug-likeness (QED) is 0.375. The Morgan fingerprint density at radius 1 is 1.55 bits per heavy atom. The first kappa shape index (κ1) is 18.8. The van der Waals surface area contributed by atoms with Crippen molar-refractivity contribution in [1.29, 1.82) is 0 Å². The summed E-state index contributed by atoms with van der Waals surface area (Å²) < 4.78 is 7.21. The number of aromatic nitrogens is 3. The largest absolute Gasteiger partial charge is 0.383 e. The van der Waals surface area contributed by atoms with Crippen molar-refractivity contribution < 1.29 is 4.74 Å². The molecule has 0 radical (unpaired) electrons. The molecular formula is C14H28N6OS. The van der Waals surface area contributed by atoms with Gasteiger partial charge in [0.1, 0.15) is 12.2 Å². The molecule has 1 aromatic heterocycles. The maximum Gasteiger partial charge on any atom is 0.191 e. The Labute approximate surface area is 137 Å². The average molecular weight is 328 g/mol. The molecule has 1 unspecified atom stereocenters. The van der Waals surface area contributed by atoms with E-state index in [4.69, 9.17) is 4.74 Å². The molecule has 22 heavy (non-hydrogen) atoms. The second-order valence-corrected chi connectivity index (χ2v) is 5.93. The Bertz CT molecular complexity index is 437. The number of aryl methyl sites for hydroxylation is 1. The van der Waals surface area contributed by atoms with E-state index in [0.717, 1.165) is 43.6 Å². The highest BCUT2D eigenvalue weighted by atomic mass is 32.2. The third-order valence-corrected chi connectivity index (χ3v) is 3.61. The minimum Gasteiger partial charge on any atom is -0.383 e. The summed E-state index contributed by atoms with van der Waals surface area (Å²) in [4.78, 5) is 4.57. The van der Waals surface area contributed by atoms with Crippen molar-refractivity contribution in [2.24, 2.45) is 4.99 Å². The van der Waals surface area contributed by atoms with Crippen LogP contribution in [0.4, 0.5) is 0 Å². The molecule has 0 aromatic carbocycles. The van der Waals surface area contributed by atoms with E-state index in [0.29, 0.717) is 6.61 Å². The summed E-state index contributed by atoms with van der Waals surface area (Å²) in [5.74, 6) is 2.84. The molecule has 0 spiro atoms. The standard InChI is InChI=1S/C14H28N6OS/c1-5-13-19-17-11-20(13)8-6-15-14(16-7-9-22-4)18-12(2)10-21-3/h11-12H,5-10H2,1-4H3,(H2,15,16,18). The molecule has 0 aliphatic carbocycles. The number of aliphatic imine (C=N–C) groups is 1. The van der Waals surface area contributed by atoms with Crippen LogP contribution in [0.2, 0.25) is 0 Å². The molecule has 1 heterocycles. The maximum atomic E-state index is 5.15. The third-order valence-electron chi connectivity index (χ3n) is 3.02. The molecule has 0 bridgehead atoms. The van der Waals surface area contributed by atoms with Gasteiger partial charge in [0.15, 0.2) is 5.96 Å². The number of hydrogen-bond donors (Lipinski definition) is 2. The van der Waals surface area contributed by atoms with Gasteiger partial charge < -0.3 is 19.9 Å². The second kappa shape index (κ2) is 11.3. The lowest BCUT2D eigenvalue weighted by Crippen LogP contribution is -2.45. The van der Waals surface area contributed by atoms with Gasteiger partial charge in [0.25, 0.3) is 0 Å². The van der Waals surface area contributed by atoms with Crippen LogP contribution in [0.5, 0.6) is 0 Å².